The van der Waals surface area contributed by atoms with Crippen molar-refractivity contribution in [3.63, 3.8) is 0 Å². The molecule has 4 heteroatoms. The fraction of sp³-hybridized carbons (Fsp3) is 0.118. The van der Waals surface area contributed by atoms with E-state index in [1.165, 1.54) is 0 Å². The number of Topliss-reactive ketones (excluding diaryl/α,β-unsaturated/α-hetero) is 1. The van der Waals surface area contributed by atoms with Crippen molar-refractivity contribution in [2.75, 3.05) is 0 Å². The number of carbonyl (C=O) groups excluding carboxylic acids is 1. The second-order valence-corrected chi connectivity index (χ2v) is 6.76. The summed E-state index contributed by atoms with van der Waals surface area (Å²) in [5.41, 5.74) is 1.41. The highest BCUT2D eigenvalue weighted by Gasteiger charge is 2.24. The molecule has 2 atom stereocenters. The molecule has 2 rings (SSSR count). The minimum absolute atomic E-state index is 0.317. The summed E-state index contributed by atoms with van der Waals surface area (Å²) in [6.45, 7) is 1.69. The van der Waals surface area contributed by atoms with Crippen molar-refractivity contribution in [1.29, 1.82) is 0 Å². The van der Waals surface area contributed by atoms with Crippen LogP contribution in [0.3, 0.4) is 0 Å². The van der Waals surface area contributed by atoms with Crippen molar-refractivity contribution in [3.05, 3.63) is 71.8 Å². The molecule has 0 aliphatic rings. The first-order valence-corrected chi connectivity index (χ1v) is 8.12. The lowest BCUT2D eigenvalue weighted by Gasteiger charge is -2.09. The highest BCUT2D eigenvalue weighted by atomic mass is 35.5. The van der Waals surface area contributed by atoms with E-state index in [-0.39, 0.29) is 5.78 Å². The Kier molecular flexibility index (Phi) is 5.48. The minimum atomic E-state index is -1.56. The van der Waals surface area contributed by atoms with E-state index in [2.05, 4.69) is 0 Å². The van der Waals surface area contributed by atoms with Gasteiger partial charge in [-0.3, -0.25) is 9.00 Å². The first-order valence-electron chi connectivity index (χ1n) is 6.47. The quantitative estimate of drug-likeness (QED) is 0.616. The first-order chi connectivity index (χ1) is 10.1. The van der Waals surface area contributed by atoms with Gasteiger partial charge in [-0.2, -0.15) is 0 Å². The monoisotopic (exact) mass is 318 g/mol. The molecule has 0 spiro atoms. The highest BCUT2D eigenvalue weighted by Crippen LogP contribution is 2.19. The van der Waals surface area contributed by atoms with Crippen LogP contribution in [0.4, 0.5) is 0 Å². The molecule has 21 heavy (non-hydrogen) atoms. The molecule has 0 saturated carbocycles. The number of benzene rings is 2. The van der Waals surface area contributed by atoms with Crippen LogP contribution in [0.15, 0.2) is 71.1 Å². The van der Waals surface area contributed by atoms with E-state index in [1.807, 2.05) is 36.4 Å². The van der Waals surface area contributed by atoms with Crippen LogP contribution >= 0.6 is 11.6 Å². The zero-order chi connectivity index (χ0) is 15.2. The Bertz CT molecular complexity index is 666. The molecule has 2 nitrogen and oxygen atoms in total. The Labute approximate surface area is 131 Å². The SMILES string of the molecule is C/C(=C\c1ccccc1)C(=O)C(Cl)S(=O)c1ccccc1. The fourth-order valence-corrected chi connectivity index (χ4v) is 3.35. The van der Waals surface area contributed by atoms with Gasteiger partial charge in [0, 0.05) is 4.90 Å². The number of allylic oxidation sites excluding steroid dienone is 1. The van der Waals surface area contributed by atoms with Gasteiger partial charge in [-0.25, -0.2) is 0 Å². The van der Waals surface area contributed by atoms with Crippen molar-refractivity contribution in [1.82, 2.24) is 0 Å². The maximum absolute atomic E-state index is 12.3. The van der Waals surface area contributed by atoms with Gasteiger partial charge in [0.15, 0.2) is 10.5 Å². The maximum Gasteiger partial charge on any atom is 0.189 e. The number of ketones is 1. The van der Waals surface area contributed by atoms with Crippen LogP contribution < -0.4 is 0 Å². The summed E-state index contributed by atoms with van der Waals surface area (Å²) in [5.74, 6) is -0.317. The maximum atomic E-state index is 12.3. The van der Waals surface area contributed by atoms with Crippen molar-refractivity contribution in [3.8, 4) is 0 Å². The van der Waals surface area contributed by atoms with Crippen LogP contribution in [0.5, 0.6) is 0 Å². The Morgan fingerprint density at radius 1 is 1.05 bits per heavy atom. The molecule has 0 heterocycles. The summed E-state index contributed by atoms with van der Waals surface area (Å²) in [6, 6.07) is 18.3. The van der Waals surface area contributed by atoms with Crippen molar-refractivity contribution >= 4 is 34.3 Å². The number of alkyl halides is 1. The van der Waals surface area contributed by atoms with Crippen molar-refractivity contribution < 1.29 is 9.00 Å². The lowest BCUT2D eigenvalue weighted by atomic mass is 10.1. The van der Waals surface area contributed by atoms with Crippen LogP contribution in [-0.4, -0.2) is 14.7 Å². The van der Waals surface area contributed by atoms with Crippen LogP contribution in [0.1, 0.15) is 12.5 Å². The van der Waals surface area contributed by atoms with Gasteiger partial charge in [-0.05, 0) is 36.3 Å². The molecule has 0 aliphatic heterocycles. The topological polar surface area (TPSA) is 34.1 Å². The molecule has 0 aliphatic carbocycles. The van der Waals surface area contributed by atoms with E-state index >= 15 is 0 Å². The molecule has 0 bridgehead atoms. The molecule has 2 aromatic carbocycles. The summed E-state index contributed by atoms with van der Waals surface area (Å²) in [6.07, 6.45) is 1.75. The Morgan fingerprint density at radius 3 is 2.14 bits per heavy atom. The minimum Gasteiger partial charge on any atom is -0.292 e. The van der Waals surface area contributed by atoms with Crippen LogP contribution in [-0.2, 0) is 15.6 Å². The summed E-state index contributed by atoms with van der Waals surface area (Å²) >= 11 is 6.09. The lowest BCUT2D eigenvalue weighted by Crippen LogP contribution is -2.21. The van der Waals surface area contributed by atoms with Gasteiger partial charge < -0.3 is 0 Å². The van der Waals surface area contributed by atoms with Gasteiger partial charge in [0.25, 0.3) is 0 Å². The summed E-state index contributed by atoms with van der Waals surface area (Å²) in [5, 5.41) is 0. The number of halogens is 1. The molecule has 2 aromatic rings. The third kappa shape index (κ3) is 4.13. The average molecular weight is 319 g/mol. The van der Waals surface area contributed by atoms with Gasteiger partial charge >= 0.3 is 0 Å². The predicted octanol–water partition coefficient (Wildman–Crippen LogP) is 4.03. The van der Waals surface area contributed by atoms with Crippen molar-refractivity contribution in [2.24, 2.45) is 0 Å². The van der Waals surface area contributed by atoms with Crippen LogP contribution in [0.25, 0.3) is 6.08 Å². The van der Waals surface area contributed by atoms with Gasteiger partial charge in [0.05, 0.1) is 10.8 Å². The van der Waals surface area contributed by atoms with Gasteiger partial charge in [-0.15, -0.1) is 0 Å². The first kappa shape index (κ1) is 15.7. The molecule has 0 aromatic heterocycles. The Balaban J connectivity index is 2.16. The van der Waals surface area contributed by atoms with Gasteiger partial charge in [-0.1, -0.05) is 60.1 Å². The second kappa shape index (κ2) is 7.34. The van der Waals surface area contributed by atoms with E-state index in [0.29, 0.717) is 10.5 Å². The summed E-state index contributed by atoms with van der Waals surface area (Å²) in [7, 11) is -1.56. The number of hydrogen-bond donors (Lipinski definition) is 0. The van der Waals surface area contributed by atoms with Crippen molar-refractivity contribution in [2.45, 2.75) is 16.5 Å². The molecular formula is C17H15ClO2S. The number of rotatable bonds is 5. The molecule has 0 saturated heterocycles. The molecule has 0 radical (unpaired) electrons. The lowest BCUT2D eigenvalue weighted by molar-refractivity contribution is -0.113. The fourth-order valence-electron chi connectivity index (χ4n) is 1.82. The molecular weight excluding hydrogens is 304 g/mol. The average Bonchev–Trinajstić information content (AvgIpc) is 2.54. The van der Waals surface area contributed by atoms with E-state index in [1.54, 1.807) is 37.3 Å². The molecule has 0 amide bonds. The van der Waals surface area contributed by atoms with Crippen LogP contribution in [0.2, 0.25) is 0 Å². The van der Waals surface area contributed by atoms with Crippen LogP contribution in [0, 0.1) is 0 Å². The van der Waals surface area contributed by atoms with E-state index < -0.39 is 15.5 Å². The Hall–Kier alpha value is -1.71. The van der Waals surface area contributed by atoms with Gasteiger partial charge in [0.1, 0.15) is 0 Å². The standard InChI is InChI=1S/C17H15ClO2S/c1-13(12-14-8-4-2-5-9-14)16(19)17(18)21(20)15-10-6-3-7-11-15/h2-12,17H,1H3/b13-12+. The summed E-state index contributed by atoms with van der Waals surface area (Å²) in [4.78, 5) is 12.8. The smallest absolute Gasteiger partial charge is 0.189 e. The normalized spacial score (nSPS) is 14.5. The predicted molar refractivity (Wildman–Crippen MR) is 87.6 cm³/mol. The second-order valence-electron chi connectivity index (χ2n) is 4.53. The zero-order valence-corrected chi connectivity index (χ0v) is 13.1. The molecule has 2 unspecified atom stereocenters. The highest BCUT2D eigenvalue weighted by molar-refractivity contribution is 7.88. The third-order valence-electron chi connectivity index (χ3n) is 2.94. The number of carbonyl (C=O) groups is 1. The molecule has 0 fully saturated rings. The largest absolute Gasteiger partial charge is 0.292 e. The summed E-state index contributed by atoms with van der Waals surface area (Å²) < 4.78 is 11.2. The Morgan fingerprint density at radius 2 is 1.57 bits per heavy atom. The van der Waals surface area contributed by atoms with E-state index in [9.17, 15) is 9.00 Å². The molecule has 0 N–H and O–H groups in total. The number of hydrogen-bond acceptors (Lipinski definition) is 2. The molecule has 108 valence electrons. The van der Waals surface area contributed by atoms with Gasteiger partial charge in [0.2, 0.25) is 0 Å². The van der Waals surface area contributed by atoms with E-state index in [4.69, 9.17) is 11.6 Å². The third-order valence-corrected chi connectivity index (χ3v) is 4.95. The zero-order valence-electron chi connectivity index (χ0n) is 11.5. The van der Waals surface area contributed by atoms with E-state index in [0.717, 1.165) is 5.56 Å².